The van der Waals surface area contributed by atoms with Crippen LogP contribution in [-0.4, -0.2) is 53.2 Å². The minimum atomic E-state index is -5.08. The monoisotopic (exact) mass is 266 g/mol. The first-order valence-corrected chi connectivity index (χ1v) is 5.18. The van der Waals surface area contributed by atoms with Gasteiger partial charge in [-0.25, -0.2) is 4.79 Å². The molecule has 1 spiro atoms. The van der Waals surface area contributed by atoms with Crippen LogP contribution in [0, 0.1) is 0 Å². The molecule has 2 rings (SSSR count). The Morgan fingerprint density at radius 3 is 2.06 bits per heavy atom. The van der Waals surface area contributed by atoms with Gasteiger partial charge in [-0.3, -0.25) is 4.79 Å². The Kier molecular flexibility index (Phi) is 4.00. The molecule has 2 saturated heterocycles. The van der Waals surface area contributed by atoms with E-state index in [1.807, 2.05) is 4.90 Å². The topological polar surface area (TPSA) is 69.6 Å². The summed E-state index contributed by atoms with van der Waals surface area (Å²) in [6.07, 6.45) is -2.53. The predicted molar refractivity (Wildman–Crippen MR) is 55.8 cm³/mol. The second-order valence-electron chi connectivity index (χ2n) is 4.07. The van der Waals surface area contributed by atoms with Crippen LogP contribution in [0.5, 0.6) is 0 Å². The summed E-state index contributed by atoms with van der Waals surface area (Å²) in [6.45, 7) is 6.31. The van der Waals surface area contributed by atoms with Gasteiger partial charge in [-0.15, -0.1) is 0 Å². The summed E-state index contributed by atoms with van der Waals surface area (Å²) >= 11 is 0. The van der Waals surface area contributed by atoms with Gasteiger partial charge in [0.2, 0.25) is 5.91 Å². The molecule has 0 saturated carbocycles. The maximum atomic E-state index is 11.2. The third-order valence-corrected chi connectivity index (χ3v) is 2.96. The zero-order valence-electron chi connectivity index (χ0n) is 9.46. The number of amides is 1. The highest BCUT2D eigenvalue weighted by Crippen LogP contribution is 2.33. The molecule has 2 N–H and O–H groups in total. The van der Waals surface area contributed by atoms with Crippen LogP contribution in [0.3, 0.4) is 0 Å². The Bertz CT molecular complexity index is 358. The fraction of sp³-hybridized carbons (Fsp3) is 0.600. The maximum Gasteiger partial charge on any atom is 0.490 e. The lowest BCUT2D eigenvalue weighted by Crippen LogP contribution is -2.76. The van der Waals surface area contributed by atoms with E-state index in [9.17, 15) is 18.0 Å². The molecule has 0 atom stereocenters. The fourth-order valence-corrected chi connectivity index (χ4v) is 1.78. The van der Waals surface area contributed by atoms with Crippen LogP contribution in [-0.2, 0) is 9.59 Å². The van der Waals surface area contributed by atoms with Crippen molar-refractivity contribution in [3.05, 3.63) is 12.7 Å². The van der Waals surface area contributed by atoms with Crippen molar-refractivity contribution in [2.24, 2.45) is 0 Å². The van der Waals surface area contributed by atoms with Crippen LogP contribution in [0.2, 0.25) is 0 Å². The number of hydrogen-bond acceptors (Lipinski definition) is 3. The summed E-state index contributed by atoms with van der Waals surface area (Å²) in [4.78, 5) is 22.0. The average Bonchev–Trinajstić information content (AvgIpc) is 2.12. The van der Waals surface area contributed by atoms with Gasteiger partial charge in [0.05, 0.1) is 5.54 Å². The Labute approximate surface area is 101 Å². The smallest absolute Gasteiger partial charge is 0.475 e. The minimum Gasteiger partial charge on any atom is -0.475 e. The van der Waals surface area contributed by atoms with Crippen molar-refractivity contribution in [1.82, 2.24) is 10.2 Å². The molecular formula is C10H13F3N2O3. The quantitative estimate of drug-likeness (QED) is 0.673. The molecule has 0 aliphatic carbocycles. The molecule has 102 valence electrons. The largest absolute Gasteiger partial charge is 0.490 e. The van der Waals surface area contributed by atoms with Crippen LogP contribution in [0.4, 0.5) is 13.2 Å². The lowest BCUT2D eigenvalue weighted by molar-refractivity contribution is -0.192. The average molecular weight is 266 g/mol. The number of nitrogens with one attached hydrogen (secondary N) is 1. The number of nitrogens with zero attached hydrogens (tertiary/aromatic N) is 1. The van der Waals surface area contributed by atoms with Crippen molar-refractivity contribution in [1.29, 1.82) is 0 Å². The molecular weight excluding hydrogens is 253 g/mol. The van der Waals surface area contributed by atoms with Gasteiger partial charge in [-0.1, -0.05) is 6.58 Å². The van der Waals surface area contributed by atoms with E-state index in [1.54, 1.807) is 0 Å². The van der Waals surface area contributed by atoms with Gasteiger partial charge in [0, 0.05) is 19.6 Å². The minimum absolute atomic E-state index is 0.0813. The molecule has 0 aromatic rings. The van der Waals surface area contributed by atoms with E-state index < -0.39 is 12.1 Å². The number of carbonyl (C=O) groups is 2. The van der Waals surface area contributed by atoms with Crippen LogP contribution in [0.25, 0.3) is 0 Å². The Morgan fingerprint density at radius 1 is 1.39 bits per heavy atom. The number of carboxylic acids is 1. The first kappa shape index (κ1) is 14.5. The zero-order valence-corrected chi connectivity index (χ0v) is 9.46. The number of aliphatic carboxylic acids is 1. The summed E-state index contributed by atoms with van der Waals surface area (Å²) in [6, 6.07) is 0. The molecule has 18 heavy (non-hydrogen) atoms. The highest BCUT2D eigenvalue weighted by atomic mass is 19.4. The molecule has 0 unspecified atom stereocenters. The SMILES string of the molecule is C=CC(=O)N1CCC12CNC2.O=C(O)C(F)(F)F. The molecule has 2 aliphatic heterocycles. The predicted octanol–water partition coefficient (Wildman–Crippen LogP) is 0.380. The third kappa shape index (κ3) is 2.81. The van der Waals surface area contributed by atoms with Gasteiger partial charge < -0.3 is 15.3 Å². The number of halogens is 3. The molecule has 1 amide bonds. The molecule has 2 aliphatic rings. The number of alkyl halides is 3. The summed E-state index contributed by atoms with van der Waals surface area (Å²) in [7, 11) is 0. The first-order valence-electron chi connectivity index (χ1n) is 5.18. The van der Waals surface area contributed by atoms with Gasteiger partial charge in [-0.05, 0) is 12.5 Å². The molecule has 5 nitrogen and oxygen atoms in total. The summed E-state index contributed by atoms with van der Waals surface area (Å²) in [5.74, 6) is -2.68. The lowest BCUT2D eigenvalue weighted by Gasteiger charge is -2.58. The van der Waals surface area contributed by atoms with E-state index in [4.69, 9.17) is 9.90 Å². The number of carboxylic acid groups (broad SMARTS) is 1. The van der Waals surface area contributed by atoms with Gasteiger partial charge in [0.25, 0.3) is 0 Å². The zero-order chi connectivity index (χ0) is 14.0. The van der Waals surface area contributed by atoms with Crippen LogP contribution < -0.4 is 5.32 Å². The van der Waals surface area contributed by atoms with Crippen LogP contribution in [0.1, 0.15) is 6.42 Å². The molecule has 2 heterocycles. The second kappa shape index (κ2) is 4.97. The van der Waals surface area contributed by atoms with E-state index in [0.717, 1.165) is 26.1 Å². The number of carbonyl (C=O) groups excluding carboxylic acids is 1. The van der Waals surface area contributed by atoms with E-state index in [-0.39, 0.29) is 11.4 Å². The lowest BCUT2D eigenvalue weighted by atomic mass is 9.79. The highest BCUT2D eigenvalue weighted by Gasteiger charge is 2.50. The van der Waals surface area contributed by atoms with Crippen molar-refractivity contribution in [2.75, 3.05) is 19.6 Å². The number of hydrogen-bond donors (Lipinski definition) is 2. The summed E-state index contributed by atoms with van der Waals surface area (Å²) < 4.78 is 31.7. The summed E-state index contributed by atoms with van der Waals surface area (Å²) in [5, 5.41) is 10.3. The van der Waals surface area contributed by atoms with E-state index in [2.05, 4.69) is 11.9 Å². The van der Waals surface area contributed by atoms with Gasteiger partial charge >= 0.3 is 12.1 Å². The van der Waals surface area contributed by atoms with Crippen molar-refractivity contribution in [3.8, 4) is 0 Å². The maximum absolute atomic E-state index is 11.2. The third-order valence-electron chi connectivity index (χ3n) is 2.96. The van der Waals surface area contributed by atoms with Gasteiger partial charge in [-0.2, -0.15) is 13.2 Å². The molecule has 0 aromatic carbocycles. The van der Waals surface area contributed by atoms with Crippen molar-refractivity contribution >= 4 is 11.9 Å². The highest BCUT2D eigenvalue weighted by molar-refractivity contribution is 5.88. The molecule has 0 radical (unpaired) electrons. The molecule has 0 aromatic heterocycles. The fourth-order valence-electron chi connectivity index (χ4n) is 1.78. The first-order chi connectivity index (χ1) is 8.23. The van der Waals surface area contributed by atoms with Crippen molar-refractivity contribution in [2.45, 2.75) is 18.1 Å². The van der Waals surface area contributed by atoms with Gasteiger partial charge in [0.1, 0.15) is 0 Å². The molecule has 0 bridgehead atoms. The standard InChI is InChI=1S/C8H12N2O.C2HF3O2/c1-2-7(11)10-4-3-8(10)5-9-6-8;3-2(4,5)1(6)7/h2,9H,1,3-6H2;(H,6,7). The van der Waals surface area contributed by atoms with Crippen molar-refractivity contribution in [3.63, 3.8) is 0 Å². The van der Waals surface area contributed by atoms with Crippen LogP contribution in [0.15, 0.2) is 12.7 Å². The molecule has 2 fully saturated rings. The van der Waals surface area contributed by atoms with Gasteiger partial charge in [0.15, 0.2) is 0 Å². The Morgan fingerprint density at radius 2 is 1.89 bits per heavy atom. The van der Waals surface area contributed by atoms with Crippen LogP contribution >= 0.6 is 0 Å². The second-order valence-corrected chi connectivity index (χ2v) is 4.07. The number of rotatable bonds is 1. The normalized spacial score (nSPS) is 20.1. The summed E-state index contributed by atoms with van der Waals surface area (Å²) in [5.41, 5.74) is 0.186. The Hall–Kier alpha value is -1.57. The molecule has 8 heteroatoms. The number of likely N-dealkylation sites (tertiary alicyclic amines) is 1. The van der Waals surface area contributed by atoms with E-state index >= 15 is 0 Å². The van der Waals surface area contributed by atoms with E-state index in [1.165, 1.54) is 6.08 Å². The van der Waals surface area contributed by atoms with Crippen molar-refractivity contribution < 1.29 is 27.9 Å². The Balaban J connectivity index is 0.000000203. The van der Waals surface area contributed by atoms with E-state index in [0.29, 0.717) is 0 Å².